The van der Waals surface area contributed by atoms with Crippen molar-refractivity contribution in [2.24, 2.45) is 0 Å². The van der Waals surface area contributed by atoms with E-state index in [-0.39, 0.29) is 38.8 Å². The molecule has 1 heterocycles. The Kier molecular flexibility index (Phi) is 17.3. The van der Waals surface area contributed by atoms with Gasteiger partial charge in [0, 0.05) is 47.2 Å². The molecule has 3 N–H and O–H groups in total. The second-order valence-corrected chi connectivity index (χ2v) is 10.9. The quantitative estimate of drug-likeness (QED) is 0.114. The molecule has 1 fully saturated rings. The van der Waals surface area contributed by atoms with Crippen LogP contribution in [-0.4, -0.2) is 112 Å². The molecule has 0 aromatic rings. The van der Waals surface area contributed by atoms with Gasteiger partial charge >= 0.3 is 24.0 Å². The summed E-state index contributed by atoms with van der Waals surface area (Å²) in [5, 5.41) is 8.03. The van der Waals surface area contributed by atoms with Gasteiger partial charge in [-0.3, -0.25) is 24.0 Å². The first kappa shape index (κ1) is 38.5. The minimum atomic E-state index is -1.22. The van der Waals surface area contributed by atoms with Gasteiger partial charge in [0.2, 0.25) is 11.8 Å². The van der Waals surface area contributed by atoms with Gasteiger partial charge in [-0.25, -0.2) is 4.79 Å². The van der Waals surface area contributed by atoms with Crippen LogP contribution < -0.4 is 16.0 Å². The number of hydrogen-bond acceptors (Lipinski definition) is 13. The fourth-order valence-corrected chi connectivity index (χ4v) is 3.99. The van der Waals surface area contributed by atoms with E-state index in [0.717, 1.165) is 13.8 Å². The van der Waals surface area contributed by atoms with E-state index in [0.29, 0.717) is 25.9 Å². The molecule has 252 valence electrons. The van der Waals surface area contributed by atoms with E-state index >= 15 is 0 Å². The van der Waals surface area contributed by atoms with Crippen molar-refractivity contribution < 1.29 is 61.9 Å². The summed E-state index contributed by atoms with van der Waals surface area (Å²) < 4.78 is 38.1. The van der Waals surface area contributed by atoms with Crippen LogP contribution in [0.1, 0.15) is 67.7 Å². The average molecular weight is 634 g/mol. The van der Waals surface area contributed by atoms with Crippen LogP contribution in [-0.2, 0) is 57.1 Å². The zero-order chi connectivity index (χ0) is 33.3. The Morgan fingerprint density at radius 1 is 0.773 bits per heavy atom. The molecule has 3 unspecified atom stereocenters. The lowest BCUT2D eigenvalue weighted by Gasteiger charge is -2.44. The first-order valence-corrected chi connectivity index (χ1v) is 14.4. The van der Waals surface area contributed by atoms with Crippen LogP contribution in [0.3, 0.4) is 0 Å². The van der Waals surface area contributed by atoms with Gasteiger partial charge in [-0.1, -0.05) is 0 Å². The lowest BCUT2D eigenvalue weighted by molar-refractivity contribution is -0.279. The molecule has 0 bridgehead atoms. The second kappa shape index (κ2) is 19.7. The molecule has 1 saturated heterocycles. The van der Waals surface area contributed by atoms with E-state index in [1.807, 2.05) is 0 Å². The molecule has 0 aromatic heterocycles. The molecule has 0 aliphatic carbocycles. The summed E-state index contributed by atoms with van der Waals surface area (Å²) in [6.45, 7) is 10.7. The third-order valence-corrected chi connectivity index (χ3v) is 5.65. The number of alkyl carbamates (subject to hydrolysis) is 1. The van der Waals surface area contributed by atoms with Crippen molar-refractivity contribution in [3.63, 3.8) is 0 Å². The van der Waals surface area contributed by atoms with E-state index in [1.165, 1.54) is 13.8 Å². The van der Waals surface area contributed by atoms with Crippen molar-refractivity contribution in [1.29, 1.82) is 0 Å². The molecule has 16 nitrogen and oxygen atoms in total. The highest BCUT2D eigenvalue weighted by Gasteiger charge is 2.51. The number of nitrogens with one attached hydrogen (secondary N) is 3. The molecule has 3 amide bonds. The third-order valence-electron chi connectivity index (χ3n) is 5.65. The maximum absolute atomic E-state index is 12.1. The van der Waals surface area contributed by atoms with Crippen molar-refractivity contribution in [3.05, 3.63) is 0 Å². The summed E-state index contributed by atoms with van der Waals surface area (Å²) in [7, 11) is 0. The molecule has 0 aromatic carbocycles. The van der Waals surface area contributed by atoms with Crippen LogP contribution in [0.25, 0.3) is 0 Å². The van der Waals surface area contributed by atoms with Crippen molar-refractivity contribution in [1.82, 2.24) is 16.0 Å². The maximum Gasteiger partial charge on any atom is 0.407 e. The highest BCUT2D eigenvalue weighted by molar-refractivity contribution is 5.76. The van der Waals surface area contributed by atoms with Crippen LogP contribution >= 0.6 is 0 Å². The Morgan fingerprint density at radius 2 is 1.39 bits per heavy atom. The Morgan fingerprint density at radius 3 is 1.95 bits per heavy atom. The Balaban J connectivity index is 2.55. The molecule has 5 atom stereocenters. The largest absolute Gasteiger partial charge is 0.463 e. The fraction of sp³-hybridized carbons (Fsp3) is 0.786. The zero-order valence-corrected chi connectivity index (χ0v) is 26.6. The Hall–Kier alpha value is -3.50. The second-order valence-electron chi connectivity index (χ2n) is 10.9. The molecule has 0 radical (unpaired) electrons. The Labute approximate surface area is 257 Å². The summed E-state index contributed by atoms with van der Waals surface area (Å²) in [6.07, 6.45) is -3.78. The van der Waals surface area contributed by atoms with E-state index in [9.17, 15) is 28.8 Å². The minimum absolute atomic E-state index is 0.0433. The fourth-order valence-electron chi connectivity index (χ4n) is 3.99. The van der Waals surface area contributed by atoms with Gasteiger partial charge in [-0.05, 0) is 33.6 Å². The van der Waals surface area contributed by atoms with Crippen molar-refractivity contribution >= 4 is 35.8 Å². The van der Waals surface area contributed by atoms with Crippen LogP contribution in [0.15, 0.2) is 0 Å². The normalized spacial score (nSPS) is 21.4. The number of rotatable bonds is 17. The lowest BCUT2D eigenvalue weighted by atomic mass is 9.96. The van der Waals surface area contributed by atoms with Gasteiger partial charge in [0.05, 0.1) is 19.8 Å². The third kappa shape index (κ3) is 17.0. The van der Waals surface area contributed by atoms with Crippen molar-refractivity contribution in [2.75, 3.05) is 39.5 Å². The SMILES string of the molecule is CC(=O)NC1C(OC(C)=O)[C@@H](OC(C)=O)C(COC(C)=O)O[C@H]1OCCOCCC(=O)NCCCCNC(=O)OC(C)(C)C. The average Bonchev–Trinajstić information content (AvgIpc) is 2.88. The van der Waals surface area contributed by atoms with E-state index < -0.39 is 66.2 Å². The summed E-state index contributed by atoms with van der Waals surface area (Å²) >= 11 is 0. The zero-order valence-electron chi connectivity index (χ0n) is 26.6. The highest BCUT2D eigenvalue weighted by atomic mass is 16.7. The number of amides is 3. The van der Waals surface area contributed by atoms with Gasteiger partial charge < -0.3 is 49.1 Å². The van der Waals surface area contributed by atoms with Crippen LogP contribution in [0.5, 0.6) is 0 Å². The molecule has 16 heteroatoms. The molecular weight excluding hydrogens is 586 g/mol. The Bertz CT molecular complexity index is 969. The van der Waals surface area contributed by atoms with Gasteiger partial charge in [0.15, 0.2) is 18.5 Å². The molecule has 1 rings (SSSR count). The molecule has 44 heavy (non-hydrogen) atoms. The number of esters is 3. The van der Waals surface area contributed by atoms with Crippen molar-refractivity contribution in [2.45, 2.75) is 104 Å². The van der Waals surface area contributed by atoms with E-state index in [1.54, 1.807) is 20.8 Å². The number of ether oxygens (including phenoxy) is 7. The predicted molar refractivity (Wildman–Crippen MR) is 152 cm³/mol. The van der Waals surface area contributed by atoms with E-state index in [4.69, 9.17) is 33.2 Å². The molecular formula is C28H47N3O13. The monoisotopic (exact) mass is 633 g/mol. The smallest absolute Gasteiger partial charge is 0.407 e. The van der Waals surface area contributed by atoms with Gasteiger partial charge in [0.1, 0.15) is 24.4 Å². The van der Waals surface area contributed by atoms with Crippen LogP contribution in [0, 0.1) is 0 Å². The molecule has 0 spiro atoms. The van der Waals surface area contributed by atoms with Crippen LogP contribution in [0.4, 0.5) is 4.79 Å². The molecule has 1 aliphatic rings. The van der Waals surface area contributed by atoms with Crippen molar-refractivity contribution in [3.8, 4) is 0 Å². The topological polar surface area (TPSA) is 203 Å². The summed E-state index contributed by atoms with van der Waals surface area (Å²) in [6, 6.07) is -1.08. The maximum atomic E-state index is 12.1. The van der Waals surface area contributed by atoms with Crippen LogP contribution in [0.2, 0.25) is 0 Å². The summed E-state index contributed by atoms with van der Waals surface area (Å²) in [4.78, 5) is 70.8. The van der Waals surface area contributed by atoms with Gasteiger partial charge in [0.25, 0.3) is 0 Å². The first-order chi connectivity index (χ1) is 20.6. The number of unbranched alkanes of at least 4 members (excludes halogenated alkanes) is 1. The first-order valence-electron chi connectivity index (χ1n) is 14.4. The highest BCUT2D eigenvalue weighted by Crippen LogP contribution is 2.28. The number of hydrogen-bond donors (Lipinski definition) is 3. The summed E-state index contributed by atoms with van der Waals surface area (Å²) in [5.41, 5.74) is -0.565. The summed E-state index contributed by atoms with van der Waals surface area (Å²) in [5.74, 6) is -2.74. The van der Waals surface area contributed by atoms with Gasteiger partial charge in [-0.15, -0.1) is 0 Å². The number of carbonyl (C=O) groups excluding carboxylic acids is 6. The standard InChI is InChI=1S/C28H47N3O13/c1-17(32)31-23-25(42-20(4)35)24(41-19(3)34)21(16-40-18(2)33)43-26(23)39-15-14-38-13-10-22(36)29-11-8-9-12-30-27(37)44-28(5,6)7/h21,23-26H,8-16H2,1-7H3,(H,29,36)(H,30,37)(H,31,32)/t21?,23?,24-,25?,26+/m0/s1. The van der Waals surface area contributed by atoms with E-state index in [2.05, 4.69) is 16.0 Å². The molecule has 1 aliphatic heterocycles. The number of carbonyl (C=O) groups is 6. The lowest BCUT2D eigenvalue weighted by Crippen LogP contribution is -2.66. The van der Waals surface area contributed by atoms with Gasteiger partial charge in [-0.2, -0.15) is 0 Å². The predicted octanol–water partition coefficient (Wildman–Crippen LogP) is 0.487. The minimum Gasteiger partial charge on any atom is -0.463 e. The molecule has 0 saturated carbocycles.